The van der Waals surface area contributed by atoms with Crippen LogP contribution in [0.3, 0.4) is 0 Å². The Labute approximate surface area is 73.3 Å². The van der Waals surface area contributed by atoms with Crippen molar-refractivity contribution < 1.29 is 9.90 Å². The van der Waals surface area contributed by atoms with Gasteiger partial charge in [0, 0.05) is 19.1 Å². The number of carboxylic acid groups (broad SMARTS) is 1. The van der Waals surface area contributed by atoms with E-state index < -0.39 is 5.97 Å². The van der Waals surface area contributed by atoms with Gasteiger partial charge in [0.2, 0.25) is 0 Å². The van der Waals surface area contributed by atoms with Crippen LogP contribution >= 0.6 is 0 Å². The third-order valence-corrected chi connectivity index (χ3v) is 2.29. The number of aliphatic carboxylic acids is 1. The summed E-state index contributed by atoms with van der Waals surface area (Å²) >= 11 is 0. The second-order valence-electron chi connectivity index (χ2n) is 3.14. The van der Waals surface area contributed by atoms with Crippen molar-refractivity contribution in [2.75, 3.05) is 20.1 Å². The van der Waals surface area contributed by atoms with Gasteiger partial charge in [0.1, 0.15) is 0 Å². The highest BCUT2D eigenvalue weighted by atomic mass is 16.4. The van der Waals surface area contributed by atoms with Crippen LogP contribution in [0.1, 0.15) is 13.8 Å². The molecule has 0 saturated heterocycles. The van der Waals surface area contributed by atoms with Crippen LogP contribution in [0.15, 0.2) is 0 Å². The predicted molar refractivity (Wildman–Crippen MR) is 47.9 cm³/mol. The topological polar surface area (TPSA) is 66.6 Å². The van der Waals surface area contributed by atoms with Crippen LogP contribution in [0.5, 0.6) is 0 Å². The van der Waals surface area contributed by atoms with Gasteiger partial charge >= 0.3 is 5.97 Å². The molecule has 0 rings (SSSR count). The molecule has 4 heteroatoms. The van der Waals surface area contributed by atoms with Crippen LogP contribution in [0.4, 0.5) is 0 Å². The molecule has 0 aliphatic heterocycles. The molecule has 0 aliphatic carbocycles. The molecular weight excluding hydrogens is 156 g/mol. The minimum atomic E-state index is -0.758. The summed E-state index contributed by atoms with van der Waals surface area (Å²) in [5.41, 5.74) is 5.35. The first-order valence-corrected chi connectivity index (χ1v) is 4.13. The third-order valence-electron chi connectivity index (χ3n) is 2.29. The summed E-state index contributed by atoms with van der Waals surface area (Å²) in [5, 5.41) is 8.71. The molecule has 2 atom stereocenters. The van der Waals surface area contributed by atoms with E-state index in [4.69, 9.17) is 10.8 Å². The number of nitrogens with two attached hydrogens (primary N) is 1. The van der Waals surface area contributed by atoms with E-state index in [-0.39, 0.29) is 12.0 Å². The van der Waals surface area contributed by atoms with E-state index in [0.717, 1.165) is 6.54 Å². The molecule has 12 heavy (non-hydrogen) atoms. The van der Waals surface area contributed by atoms with Crippen LogP contribution < -0.4 is 5.73 Å². The van der Waals surface area contributed by atoms with E-state index in [1.54, 1.807) is 6.92 Å². The number of carboxylic acids is 1. The van der Waals surface area contributed by atoms with Gasteiger partial charge in [-0.15, -0.1) is 0 Å². The molecular formula is C8H18N2O2. The number of carbonyl (C=O) groups is 1. The van der Waals surface area contributed by atoms with Crippen LogP contribution in [-0.2, 0) is 4.79 Å². The molecule has 0 aromatic rings. The maximum atomic E-state index is 10.6. The first-order valence-electron chi connectivity index (χ1n) is 4.13. The van der Waals surface area contributed by atoms with E-state index in [2.05, 4.69) is 0 Å². The number of nitrogens with zero attached hydrogens (tertiary/aromatic N) is 1. The van der Waals surface area contributed by atoms with Crippen molar-refractivity contribution in [3.05, 3.63) is 0 Å². The Morgan fingerprint density at radius 2 is 2.08 bits per heavy atom. The predicted octanol–water partition coefficient (Wildman–Crippen LogP) is -0.0139. The number of likely N-dealkylation sites (N-methyl/N-ethyl adjacent to an activating group) is 1. The monoisotopic (exact) mass is 174 g/mol. The van der Waals surface area contributed by atoms with Gasteiger partial charge in [-0.1, -0.05) is 6.92 Å². The van der Waals surface area contributed by atoms with Crippen molar-refractivity contribution in [1.29, 1.82) is 0 Å². The zero-order valence-electron chi connectivity index (χ0n) is 7.95. The minimum absolute atomic E-state index is 0.0334. The van der Waals surface area contributed by atoms with Crippen LogP contribution in [0.25, 0.3) is 0 Å². The van der Waals surface area contributed by atoms with E-state index >= 15 is 0 Å². The molecule has 0 fully saturated rings. The average molecular weight is 174 g/mol. The fourth-order valence-corrected chi connectivity index (χ4v) is 0.995. The summed E-state index contributed by atoms with van der Waals surface area (Å²) in [6.07, 6.45) is 0. The number of hydrogen-bond donors (Lipinski definition) is 2. The first kappa shape index (κ1) is 11.4. The molecule has 0 heterocycles. The van der Waals surface area contributed by atoms with Gasteiger partial charge in [-0.2, -0.15) is 0 Å². The van der Waals surface area contributed by atoms with Crippen LogP contribution in [0, 0.1) is 5.92 Å². The lowest BCUT2D eigenvalue weighted by Gasteiger charge is -2.26. The Hall–Kier alpha value is -0.610. The van der Waals surface area contributed by atoms with Crippen molar-refractivity contribution in [2.24, 2.45) is 11.7 Å². The molecule has 0 aromatic heterocycles. The van der Waals surface area contributed by atoms with Gasteiger partial charge < -0.3 is 15.7 Å². The van der Waals surface area contributed by atoms with E-state index in [1.165, 1.54) is 0 Å². The molecule has 0 saturated carbocycles. The maximum absolute atomic E-state index is 10.6. The Balaban J connectivity index is 3.99. The molecule has 0 aromatic carbocycles. The Morgan fingerprint density at radius 1 is 1.58 bits per heavy atom. The zero-order valence-corrected chi connectivity index (χ0v) is 7.95. The van der Waals surface area contributed by atoms with Crippen molar-refractivity contribution in [2.45, 2.75) is 19.9 Å². The normalized spacial score (nSPS) is 16.1. The van der Waals surface area contributed by atoms with Gasteiger partial charge in [0.05, 0.1) is 5.92 Å². The fourth-order valence-electron chi connectivity index (χ4n) is 0.995. The van der Waals surface area contributed by atoms with Crippen molar-refractivity contribution in [3.63, 3.8) is 0 Å². The molecule has 4 nitrogen and oxygen atoms in total. The highest BCUT2D eigenvalue weighted by molar-refractivity contribution is 5.70. The van der Waals surface area contributed by atoms with Gasteiger partial charge in [-0.05, 0) is 14.0 Å². The summed E-state index contributed by atoms with van der Waals surface area (Å²) < 4.78 is 0. The highest BCUT2D eigenvalue weighted by Gasteiger charge is 2.21. The maximum Gasteiger partial charge on any atom is 0.307 e. The summed E-state index contributed by atoms with van der Waals surface area (Å²) in [6.45, 7) is 4.90. The molecule has 72 valence electrons. The van der Waals surface area contributed by atoms with Crippen LogP contribution in [-0.4, -0.2) is 42.2 Å². The highest BCUT2D eigenvalue weighted by Crippen LogP contribution is 2.08. The Morgan fingerprint density at radius 3 is 2.42 bits per heavy atom. The lowest BCUT2D eigenvalue weighted by atomic mass is 10.0. The molecule has 0 spiro atoms. The first-order chi connectivity index (χ1) is 5.50. The second-order valence-corrected chi connectivity index (χ2v) is 3.14. The lowest BCUT2D eigenvalue weighted by molar-refractivity contribution is -0.143. The molecule has 0 aliphatic rings. The van der Waals surface area contributed by atoms with Crippen molar-refractivity contribution in [1.82, 2.24) is 4.90 Å². The molecule has 0 radical (unpaired) electrons. The summed E-state index contributed by atoms with van der Waals surface area (Å²) in [4.78, 5) is 12.5. The van der Waals surface area contributed by atoms with E-state index in [1.807, 2.05) is 18.9 Å². The SMILES string of the molecule is CC(C(=O)O)C(C)N(C)CCN. The molecule has 2 unspecified atom stereocenters. The molecule has 3 N–H and O–H groups in total. The number of hydrogen-bond acceptors (Lipinski definition) is 3. The fraction of sp³-hybridized carbons (Fsp3) is 0.875. The smallest absolute Gasteiger partial charge is 0.307 e. The summed E-state index contributed by atoms with van der Waals surface area (Å²) in [5.74, 6) is -1.10. The summed E-state index contributed by atoms with van der Waals surface area (Å²) in [7, 11) is 1.89. The largest absolute Gasteiger partial charge is 0.481 e. The van der Waals surface area contributed by atoms with Gasteiger partial charge in [0.15, 0.2) is 0 Å². The lowest BCUT2D eigenvalue weighted by Crippen LogP contribution is -2.40. The Bertz CT molecular complexity index is 150. The second kappa shape index (κ2) is 5.11. The van der Waals surface area contributed by atoms with Crippen LogP contribution in [0.2, 0.25) is 0 Å². The standard InChI is InChI=1S/C8H18N2O2/c1-6(8(11)12)7(2)10(3)5-4-9/h6-7H,4-5,9H2,1-3H3,(H,11,12). The Kier molecular flexibility index (Phi) is 4.85. The van der Waals surface area contributed by atoms with Crippen molar-refractivity contribution in [3.8, 4) is 0 Å². The van der Waals surface area contributed by atoms with E-state index in [9.17, 15) is 4.79 Å². The molecule has 0 bridgehead atoms. The molecule has 0 amide bonds. The number of rotatable bonds is 5. The quantitative estimate of drug-likeness (QED) is 0.615. The zero-order chi connectivity index (χ0) is 9.72. The van der Waals surface area contributed by atoms with Gasteiger partial charge in [-0.3, -0.25) is 4.79 Å². The summed E-state index contributed by atoms with van der Waals surface area (Å²) in [6, 6.07) is 0.0334. The van der Waals surface area contributed by atoms with Crippen molar-refractivity contribution >= 4 is 5.97 Å². The van der Waals surface area contributed by atoms with Gasteiger partial charge in [0.25, 0.3) is 0 Å². The van der Waals surface area contributed by atoms with E-state index in [0.29, 0.717) is 6.54 Å². The van der Waals surface area contributed by atoms with Gasteiger partial charge in [-0.25, -0.2) is 0 Å². The third kappa shape index (κ3) is 3.19. The average Bonchev–Trinajstić information content (AvgIpc) is 2.02. The minimum Gasteiger partial charge on any atom is -0.481 e.